The van der Waals surface area contributed by atoms with E-state index in [9.17, 15) is 0 Å². The molecule has 0 radical (unpaired) electrons. The highest BCUT2D eigenvalue weighted by Gasteiger charge is 2.38. The molecular weight excluding hydrogens is 416 g/mol. The molecule has 4 aromatic heterocycles. The van der Waals surface area contributed by atoms with Gasteiger partial charge in [-0.2, -0.15) is 10.1 Å². The summed E-state index contributed by atoms with van der Waals surface area (Å²) >= 11 is 0. The Labute approximate surface area is 189 Å². The third-order valence-electron chi connectivity index (χ3n) is 7.13. The number of aromatic amines is 1. The maximum atomic E-state index is 5.69. The van der Waals surface area contributed by atoms with Gasteiger partial charge in [0.05, 0.1) is 23.8 Å². The number of aromatic nitrogens is 5. The number of hydrogen-bond acceptors (Lipinski definition) is 6. The van der Waals surface area contributed by atoms with Crippen LogP contribution in [0.1, 0.15) is 30.5 Å². The van der Waals surface area contributed by atoms with Gasteiger partial charge in [-0.15, -0.1) is 0 Å². The lowest BCUT2D eigenvalue weighted by atomic mass is 9.78. The Kier molecular flexibility index (Phi) is 4.02. The highest BCUT2D eigenvalue weighted by molar-refractivity contribution is 5.95. The summed E-state index contributed by atoms with van der Waals surface area (Å²) in [6.07, 6.45) is 8.87. The van der Waals surface area contributed by atoms with Crippen LogP contribution in [0.15, 0.2) is 47.3 Å². The van der Waals surface area contributed by atoms with E-state index in [1.807, 2.05) is 36.7 Å². The Bertz CT molecular complexity index is 1550. The minimum atomic E-state index is 0.348. The van der Waals surface area contributed by atoms with Crippen molar-refractivity contribution in [2.45, 2.75) is 19.3 Å². The van der Waals surface area contributed by atoms with E-state index in [2.05, 4.69) is 36.3 Å². The third-order valence-corrected chi connectivity index (χ3v) is 7.13. The third kappa shape index (κ3) is 2.93. The number of anilines is 1. The van der Waals surface area contributed by atoms with Gasteiger partial charge in [0.1, 0.15) is 11.3 Å². The number of rotatable bonds is 1. The Morgan fingerprint density at radius 2 is 2.03 bits per heavy atom. The van der Waals surface area contributed by atoms with E-state index in [4.69, 9.17) is 14.1 Å². The van der Waals surface area contributed by atoms with Gasteiger partial charge in [0, 0.05) is 37.5 Å². The topological polar surface area (TPSA) is 84.5 Å². The molecule has 164 valence electrons. The van der Waals surface area contributed by atoms with Crippen molar-refractivity contribution < 1.29 is 9.15 Å². The van der Waals surface area contributed by atoms with E-state index in [-0.39, 0.29) is 0 Å². The minimum absolute atomic E-state index is 0.348. The summed E-state index contributed by atoms with van der Waals surface area (Å²) in [5.41, 5.74) is 4.12. The fraction of sp³-hybridized carbons (Fsp3) is 0.320. The van der Waals surface area contributed by atoms with Gasteiger partial charge in [0.25, 0.3) is 0 Å². The first-order valence-electron chi connectivity index (χ1n) is 11.3. The molecule has 6 heterocycles. The number of piperidine rings is 1. The summed E-state index contributed by atoms with van der Waals surface area (Å²) in [5, 5.41) is 9.42. The normalized spacial score (nSPS) is 17.9. The van der Waals surface area contributed by atoms with E-state index in [0.717, 1.165) is 72.7 Å². The van der Waals surface area contributed by atoms with Crippen LogP contribution in [0.2, 0.25) is 0 Å². The lowest BCUT2D eigenvalue weighted by molar-refractivity contribution is 0.133. The van der Waals surface area contributed by atoms with Crippen molar-refractivity contribution in [2.75, 3.05) is 31.2 Å². The molecule has 2 aliphatic rings. The largest absolute Gasteiger partial charge is 0.463 e. The maximum absolute atomic E-state index is 5.69. The molecule has 8 nitrogen and oxygen atoms in total. The summed E-state index contributed by atoms with van der Waals surface area (Å²) in [5.74, 6) is 7.34. The number of ether oxygens (including phenoxy) is 1. The lowest BCUT2D eigenvalue weighted by Gasteiger charge is -2.38. The van der Waals surface area contributed by atoms with E-state index in [0.29, 0.717) is 16.8 Å². The van der Waals surface area contributed by atoms with Crippen LogP contribution >= 0.6 is 0 Å². The highest BCUT2D eigenvalue weighted by Crippen LogP contribution is 2.40. The fourth-order valence-electron chi connectivity index (χ4n) is 5.18. The molecule has 2 fully saturated rings. The lowest BCUT2D eigenvalue weighted by Crippen LogP contribution is -2.41. The molecule has 7 rings (SSSR count). The van der Waals surface area contributed by atoms with Gasteiger partial charge in [-0.25, -0.2) is 4.98 Å². The second-order valence-corrected chi connectivity index (χ2v) is 9.01. The quantitative estimate of drug-likeness (QED) is 0.401. The van der Waals surface area contributed by atoms with Crippen molar-refractivity contribution in [3.05, 3.63) is 54.2 Å². The van der Waals surface area contributed by atoms with Crippen molar-refractivity contribution >= 4 is 33.6 Å². The Morgan fingerprint density at radius 3 is 2.91 bits per heavy atom. The van der Waals surface area contributed by atoms with Crippen LogP contribution in [0.5, 0.6) is 0 Å². The number of para-hydroxylation sites is 1. The summed E-state index contributed by atoms with van der Waals surface area (Å²) in [4.78, 5) is 11.9. The van der Waals surface area contributed by atoms with Gasteiger partial charge in [-0.1, -0.05) is 18.1 Å². The second-order valence-electron chi connectivity index (χ2n) is 9.01. The first-order chi connectivity index (χ1) is 16.3. The van der Waals surface area contributed by atoms with Gasteiger partial charge < -0.3 is 14.1 Å². The molecule has 0 unspecified atom stereocenters. The SMILES string of the molecule is C(#Cc1[nH]nc2nc(N3CCC4(CCOC4)CC3)n3ccnc3c12)c1cccc2ccoc12. The van der Waals surface area contributed by atoms with Gasteiger partial charge >= 0.3 is 0 Å². The summed E-state index contributed by atoms with van der Waals surface area (Å²) in [6, 6.07) is 7.89. The number of hydrogen-bond donors (Lipinski definition) is 1. The number of nitrogens with one attached hydrogen (secondary N) is 1. The van der Waals surface area contributed by atoms with Crippen molar-refractivity contribution in [3.63, 3.8) is 0 Å². The number of fused-ring (bicyclic) bond motifs is 4. The van der Waals surface area contributed by atoms with E-state index in [1.54, 1.807) is 6.26 Å². The molecule has 2 aliphatic heterocycles. The van der Waals surface area contributed by atoms with Gasteiger partial charge in [-0.05, 0) is 42.7 Å². The maximum Gasteiger partial charge on any atom is 0.213 e. The average Bonchev–Trinajstić information content (AvgIpc) is 3.64. The molecule has 0 amide bonds. The van der Waals surface area contributed by atoms with E-state index < -0.39 is 0 Å². The smallest absolute Gasteiger partial charge is 0.213 e. The molecule has 33 heavy (non-hydrogen) atoms. The van der Waals surface area contributed by atoms with Crippen LogP contribution < -0.4 is 4.90 Å². The van der Waals surface area contributed by atoms with Crippen molar-refractivity contribution in [2.24, 2.45) is 5.41 Å². The zero-order chi connectivity index (χ0) is 21.8. The Balaban J connectivity index is 1.28. The van der Waals surface area contributed by atoms with E-state index in [1.165, 1.54) is 6.42 Å². The van der Waals surface area contributed by atoms with Crippen molar-refractivity contribution in [1.82, 2.24) is 24.6 Å². The second kappa shape index (κ2) is 7.09. The van der Waals surface area contributed by atoms with Crippen LogP contribution in [0.3, 0.4) is 0 Å². The Hall–Kier alpha value is -3.83. The predicted molar refractivity (Wildman–Crippen MR) is 124 cm³/mol. The number of H-pyrrole nitrogens is 1. The number of imidazole rings is 1. The van der Waals surface area contributed by atoms with Crippen LogP contribution in [0.25, 0.3) is 27.6 Å². The van der Waals surface area contributed by atoms with E-state index >= 15 is 0 Å². The van der Waals surface area contributed by atoms with Crippen LogP contribution in [-0.2, 0) is 4.74 Å². The summed E-state index contributed by atoms with van der Waals surface area (Å²) < 4.78 is 13.4. The zero-order valence-electron chi connectivity index (χ0n) is 18.0. The number of furan rings is 1. The monoisotopic (exact) mass is 438 g/mol. The summed E-state index contributed by atoms with van der Waals surface area (Å²) in [6.45, 7) is 3.70. The highest BCUT2D eigenvalue weighted by atomic mass is 16.5. The van der Waals surface area contributed by atoms with Crippen molar-refractivity contribution in [3.8, 4) is 11.8 Å². The number of nitrogens with zero attached hydrogens (tertiary/aromatic N) is 5. The van der Waals surface area contributed by atoms with Crippen molar-refractivity contribution in [1.29, 1.82) is 0 Å². The molecule has 8 heteroatoms. The first-order valence-corrected chi connectivity index (χ1v) is 11.3. The molecule has 0 aliphatic carbocycles. The fourth-order valence-corrected chi connectivity index (χ4v) is 5.18. The standard InChI is InChI=1S/C25H22N6O2/c1-2-17(21-18(3-1)6-14-33-21)4-5-19-20-22(29-28-19)27-24(31-13-10-26-23(20)31)30-11-7-25(8-12-30)9-15-32-16-25/h1-3,6,10,13-14H,7-9,11-12,15-16H2,(H,28,29). The molecular formula is C25H22N6O2. The molecule has 0 saturated carbocycles. The molecule has 0 atom stereocenters. The molecule has 5 aromatic rings. The van der Waals surface area contributed by atoms with Crippen LogP contribution in [0.4, 0.5) is 5.95 Å². The Morgan fingerprint density at radius 1 is 1.09 bits per heavy atom. The van der Waals surface area contributed by atoms with Gasteiger partial charge in [0.2, 0.25) is 5.95 Å². The molecule has 1 aromatic carbocycles. The minimum Gasteiger partial charge on any atom is -0.463 e. The first kappa shape index (κ1) is 18.7. The number of benzene rings is 1. The molecule has 2 saturated heterocycles. The average molecular weight is 438 g/mol. The van der Waals surface area contributed by atoms with Crippen LogP contribution in [0, 0.1) is 17.3 Å². The van der Waals surface area contributed by atoms with Gasteiger partial charge in [-0.3, -0.25) is 9.50 Å². The van der Waals surface area contributed by atoms with Crippen LogP contribution in [-0.4, -0.2) is 50.9 Å². The molecule has 1 N–H and O–H groups in total. The summed E-state index contributed by atoms with van der Waals surface area (Å²) in [7, 11) is 0. The molecule has 0 bridgehead atoms. The molecule has 1 spiro atoms. The zero-order valence-corrected chi connectivity index (χ0v) is 18.0. The predicted octanol–water partition coefficient (Wildman–Crippen LogP) is 3.76. The van der Waals surface area contributed by atoms with Gasteiger partial charge in [0.15, 0.2) is 11.3 Å².